The predicted molar refractivity (Wildman–Crippen MR) is 58.6 cm³/mol. The van der Waals surface area contributed by atoms with Crippen molar-refractivity contribution in [2.75, 3.05) is 18.5 Å². The molecule has 84 valence electrons. The van der Waals surface area contributed by atoms with Crippen molar-refractivity contribution in [3.05, 3.63) is 29.6 Å². The number of halogens is 1. The van der Waals surface area contributed by atoms with Gasteiger partial charge in [-0.2, -0.15) is 5.26 Å². The number of nitriles is 1. The fourth-order valence-corrected chi connectivity index (χ4v) is 1.76. The van der Waals surface area contributed by atoms with Crippen molar-refractivity contribution in [3.63, 3.8) is 0 Å². The standard InChI is InChI=1S/C12H13FN2O/c13-11-7-9(8-14)1-2-12(11)15-10-3-5-16-6-4-10/h1-2,7,10,15H,3-6H2. The van der Waals surface area contributed by atoms with E-state index in [1.807, 2.05) is 6.07 Å². The van der Waals surface area contributed by atoms with E-state index < -0.39 is 0 Å². The lowest BCUT2D eigenvalue weighted by atomic mass is 10.1. The third kappa shape index (κ3) is 2.50. The van der Waals surface area contributed by atoms with Gasteiger partial charge in [-0.3, -0.25) is 0 Å². The van der Waals surface area contributed by atoms with Crippen LogP contribution in [0, 0.1) is 17.1 Å². The minimum atomic E-state index is -0.370. The van der Waals surface area contributed by atoms with Crippen molar-refractivity contribution in [1.29, 1.82) is 5.26 Å². The molecule has 0 bridgehead atoms. The van der Waals surface area contributed by atoms with Crippen LogP contribution in [0.3, 0.4) is 0 Å². The Morgan fingerprint density at radius 3 is 2.75 bits per heavy atom. The zero-order valence-corrected chi connectivity index (χ0v) is 8.87. The summed E-state index contributed by atoms with van der Waals surface area (Å²) in [5, 5.41) is 11.8. The van der Waals surface area contributed by atoms with Crippen molar-refractivity contribution in [2.45, 2.75) is 18.9 Å². The van der Waals surface area contributed by atoms with E-state index in [2.05, 4.69) is 5.32 Å². The molecule has 4 heteroatoms. The first kappa shape index (κ1) is 10.9. The predicted octanol–water partition coefficient (Wildman–Crippen LogP) is 2.29. The first-order valence-electron chi connectivity index (χ1n) is 5.33. The van der Waals surface area contributed by atoms with Gasteiger partial charge < -0.3 is 10.1 Å². The van der Waals surface area contributed by atoms with Crippen molar-refractivity contribution in [2.24, 2.45) is 0 Å². The largest absolute Gasteiger partial charge is 0.381 e. The van der Waals surface area contributed by atoms with Crippen LogP contribution in [0.2, 0.25) is 0 Å². The highest BCUT2D eigenvalue weighted by Gasteiger charge is 2.14. The molecule has 0 radical (unpaired) electrons. The third-order valence-corrected chi connectivity index (χ3v) is 2.68. The number of rotatable bonds is 2. The molecule has 0 amide bonds. The smallest absolute Gasteiger partial charge is 0.147 e. The van der Waals surface area contributed by atoms with Crippen LogP contribution in [0.15, 0.2) is 18.2 Å². The maximum absolute atomic E-state index is 13.5. The quantitative estimate of drug-likeness (QED) is 0.831. The van der Waals surface area contributed by atoms with E-state index in [1.54, 1.807) is 12.1 Å². The normalized spacial score (nSPS) is 16.8. The second-order valence-corrected chi connectivity index (χ2v) is 3.84. The highest BCUT2D eigenvalue weighted by atomic mass is 19.1. The second kappa shape index (κ2) is 4.95. The van der Waals surface area contributed by atoms with Gasteiger partial charge in [0.05, 0.1) is 17.3 Å². The van der Waals surface area contributed by atoms with Gasteiger partial charge in [0.25, 0.3) is 0 Å². The number of hydrogen-bond acceptors (Lipinski definition) is 3. The summed E-state index contributed by atoms with van der Waals surface area (Å²) < 4.78 is 18.8. The van der Waals surface area contributed by atoms with Gasteiger partial charge in [-0.25, -0.2) is 4.39 Å². The Bertz CT molecular complexity index is 408. The molecule has 1 N–H and O–H groups in total. The highest BCUT2D eigenvalue weighted by molar-refractivity contribution is 5.49. The molecule has 0 unspecified atom stereocenters. The summed E-state index contributed by atoms with van der Waals surface area (Å²) in [5.74, 6) is -0.370. The Hall–Kier alpha value is -1.60. The molecule has 0 spiro atoms. The second-order valence-electron chi connectivity index (χ2n) is 3.84. The van der Waals surface area contributed by atoms with Crippen LogP contribution in [0.1, 0.15) is 18.4 Å². The fourth-order valence-electron chi connectivity index (χ4n) is 1.76. The summed E-state index contributed by atoms with van der Waals surface area (Å²) in [4.78, 5) is 0. The van der Waals surface area contributed by atoms with E-state index >= 15 is 0 Å². The Morgan fingerprint density at radius 1 is 1.38 bits per heavy atom. The van der Waals surface area contributed by atoms with Crippen LogP contribution < -0.4 is 5.32 Å². The molecule has 0 saturated carbocycles. The zero-order chi connectivity index (χ0) is 11.4. The molecule has 1 heterocycles. The number of anilines is 1. The average molecular weight is 220 g/mol. The van der Waals surface area contributed by atoms with Crippen LogP contribution in [0.25, 0.3) is 0 Å². The molecule has 1 aromatic carbocycles. The molecule has 1 aliphatic heterocycles. The van der Waals surface area contributed by atoms with Crippen molar-refractivity contribution in [1.82, 2.24) is 0 Å². The molecular formula is C12H13FN2O. The molecule has 0 aromatic heterocycles. The van der Waals surface area contributed by atoms with Crippen molar-refractivity contribution in [3.8, 4) is 6.07 Å². The van der Waals surface area contributed by atoms with E-state index in [1.165, 1.54) is 6.07 Å². The van der Waals surface area contributed by atoms with E-state index in [9.17, 15) is 4.39 Å². The summed E-state index contributed by atoms with van der Waals surface area (Å²) in [6.45, 7) is 1.44. The number of nitrogens with one attached hydrogen (secondary N) is 1. The summed E-state index contributed by atoms with van der Waals surface area (Å²) in [6, 6.07) is 6.65. The Balaban J connectivity index is 2.06. The molecule has 0 aliphatic carbocycles. The van der Waals surface area contributed by atoms with Crippen molar-refractivity contribution < 1.29 is 9.13 Å². The Labute approximate surface area is 93.8 Å². The fraction of sp³-hybridized carbons (Fsp3) is 0.417. The summed E-state index contributed by atoms with van der Waals surface area (Å²) in [5.41, 5.74) is 0.806. The summed E-state index contributed by atoms with van der Waals surface area (Å²) >= 11 is 0. The lowest BCUT2D eigenvalue weighted by molar-refractivity contribution is 0.0904. The van der Waals surface area contributed by atoms with E-state index in [0.717, 1.165) is 26.1 Å². The Morgan fingerprint density at radius 2 is 2.12 bits per heavy atom. The lowest BCUT2D eigenvalue weighted by Gasteiger charge is -2.24. The maximum Gasteiger partial charge on any atom is 0.147 e. The summed E-state index contributed by atoms with van der Waals surface area (Å²) in [7, 11) is 0. The Kier molecular flexibility index (Phi) is 3.37. The van der Waals surface area contributed by atoms with E-state index in [4.69, 9.17) is 10.00 Å². The average Bonchev–Trinajstić information content (AvgIpc) is 2.33. The van der Waals surface area contributed by atoms with Gasteiger partial charge in [-0.15, -0.1) is 0 Å². The van der Waals surface area contributed by atoms with E-state index in [-0.39, 0.29) is 11.9 Å². The first-order valence-corrected chi connectivity index (χ1v) is 5.33. The SMILES string of the molecule is N#Cc1ccc(NC2CCOCC2)c(F)c1. The van der Waals surface area contributed by atoms with Crippen LogP contribution in [-0.2, 0) is 4.74 Å². The van der Waals surface area contributed by atoms with Gasteiger partial charge >= 0.3 is 0 Å². The molecule has 1 saturated heterocycles. The number of ether oxygens (including phenoxy) is 1. The van der Waals surface area contributed by atoms with Crippen LogP contribution in [0.4, 0.5) is 10.1 Å². The molecule has 1 aromatic rings. The molecule has 1 fully saturated rings. The van der Waals surface area contributed by atoms with Gasteiger partial charge in [0.15, 0.2) is 0 Å². The van der Waals surface area contributed by atoms with Crippen LogP contribution in [0.5, 0.6) is 0 Å². The van der Waals surface area contributed by atoms with Crippen molar-refractivity contribution >= 4 is 5.69 Å². The minimum Gasteiger partial charge on any atom is -0.381 e. The first-order chi connectivity index (χ1) is 7.79. The number of nitrogens with zero attached hydrogens (tertiary/aromatic N) is 1. The topological polar surface area (TPSA) is 45.0 Å². The molecule has 16 heavy (non-hydrogen) atoms. The highest BCUT2D eigenvalue weighted by Crippen LogP contribution is 2.19. The van der Waals surface area contributed by atoms with Gasteiger partial charge in [0.2, 0.25) is 0 Å². The van der Waals surface area contributed by atoms with E-state index in [0.29, 0.717) is 11.3 Å². The minimum absolute atomic E-state index is 0.260. The zero-order valence-electron chi connectivity index (χ0n) is 8.87. The summed E-state index contributed by atoms with van der Waals surface area (Å²) in [6.07, 6.45) is 1.78. The third-order valence-electron chi connectivity index (χ3n) is 2.68. The van der Waals surface area contributed by atoms with Gasteiger partial charge in [0, 0.05) is 19.3 Å². The van der Waals surface area contributed by atoms with Gasteiger partial charge in [-0.1, -0.05) is 0 Å². The van der Waals surface area contributed by atoms with Gasteiger partial charge in [0.1, 0.15) is 5.82 Å². The van der Waals surface area contributed by atoms with Crippen LogP contribution >= 0.6 is 0 Å². The number of benzene rings is 1. The molecule has 3 nitrogen and oxygen atoms in total. The monoisotopic (exact) mass is 220 g/mol. The molecule has 2 rings (SSSR count). The van der Waals surface area contributed by atoms with Gasteiger partial charge in [-0.05, 0) is 31.0 Å². The number of hydrogen-bond donors (Lipinski definition) is 1. The lowest BCUT2D eigenvalue weighted by Crippen LogP contribution is -2.28. The van der Waals surface area contributed by atoms with Crippen LogP contribution in [-0.4, -0.2) is 19.3 Å². The molecule has 1 aliphatic rings. The molecular weight excluding hydrogens is 207 g/mol. The molecule has 0 atom stereocenters. The maximum atomic E-state index is 13.5.